The molecule has 0 saturated carbocycles. The molecule has 1 amide bonds. The van der Waals surface area contributed by atoms with Crippen LogP contribution >= 0.6 is 11.6 Å². The highest BCUT2D eigenvalue weighted by molar-refractivity contribution is 7.92. The predicted molar refractivity (Wildman–Crippen MR) is 132 cm³/mol. The largest absolute Gasteiger partial charge is 0.465 e. The number of hydrogen-bond acceptors (Lipinski definition) is 6. The van der Waals surface area contributed by atoms with Gasteiger partial charge in [0.15, 0.2) is 0 Å². The molecule has 3 aromatic carbocycles. The van der Waals surface area contributed by atoms with Crippen molar-refractivity contribution in [3.63, 3.8) is 0 Å². The van der Waals surface area contributed by atoms with Crippen LogP contribution in [0, 0.1) is 0 Å². The zero-order chi connectivity index (χ0) is 24.7. The Morgan fingerprint density at radius 3 is 2.12 bits per heavy atom. The van der Waals surface area contributed by atoms with Crippen molar-refractivity contribution in [1.29, 1.82) is 0 Å². The first-order valence-corrected chi connectivity index (χ1v) is 12.2. The maximum atomic E-state index is 12.4. The molecule has 0 spiro atoms. The van der Waals surface area contributed by atoms with Gasteiger partial charge in [0, 0.05) is 10.6 Å². The van der Waals surface area contributed by atoms with Crippen molar-refractivity contribution < 1.29 is 22.7 Å². The van der Waals surface area contributed by atoms with Gasteiger partial charge in [0.2, 0.25) is 10.0 Å². The van der Waals surface area contributed by atoms with E-state index in [2.05, 4.69) is 15.3 Å². The molecule has 3 rings (SSSR count). The number of sulfonamides is 1. The highest BCUT2D eigenvalue weighted by Crippen LogP contribution is 2.22. The standard InChI is InChI=1S/C24H22ClN3O5S/c1-33-24(30)20-7-3-17(4-8-20)15-26-27-23(29)19-9-13-22(14-10-19)28(34(2,31)32)16-18-5-11-21(25)12-6-18/h3-15H,16H2,1-2H3,(H,27,29)/b26-15+. The number of nitrogens with one attached hydrogen (secondary N) is 1. The Morgan fingerprint density at radius 1 is 0.971 bits per heavy atom. The number of ether oxygens (including phenoxy) is 1. The second-order valence-electron chi connectivity index (χ2n) is 7.26. The average molecular weight is 500 g/mol. The monoisotopic (exact) mass is 499 g/mol. The van der Waals surface area contributed by atoms with E-state index >= 15 is 0 Å². The molecule has 0 heterocycles. The van der Waals surface area contributed by atoms with Gasteiger partial charge in [-0.2, -0.15) is 5.10 Å². The maximum Gasteiger partial charge on any atom is 0.337 e. The molecule has 10 heteroatoms. The minimum Gasteiger partial charge on any atom is -0.465 e. The van der Waals surface area contributed by atoms with E-state index in [-0.39, 0.29) is 6.54 Å². The Labute approximate surface area is 202 Å². The molecule has 8 nitrogen and oxygen atoms in total. The highest BCUT2D eigenvalue weighted by Gasteiger charge is 2.18. The van der Waals surface area contributed by atoms with Crippen molar-refractivity contribution in [2.75, 3.05) is 17.7 Å². The SMILES string of the molecule is COC(=O)c1ccc(/C=N/NC(=O)c2ccc(N(Cc3ccc(Cl)cc3)S(C)(=O)=O)cc2)cc1. The third-order valence-corrected chi connectivity index (χ3v) is 6.16. The fourth-order valence-corrected chi connectivity index (χ4v) is 4.00. The summed E-state index contributed by atoms with van der Waals surface area (Å²) in [5.74, 6) is -0.902. The molecular formula is C24H22ClN3O5S. The van der Waals surface area contributed by atoms with Crippen LogP contribution in [0.3, 0.4) is 0 Å². The fourth-order valence-electron chi connectivity index (χ4n) is 2.99. The lowest BCUT2D eigenvalue weighted by atomic mass is 10.1. The first-order valence-electron chi connectivity index (χ1n) is 10.0. The molecule has 0 unspecified atom stereocenters. The molecule has 0 aliphatic heterocycles. The minimum absolute atomic E-state index is 0.126. The van der Waals surface area contributed by atoms with Crippen LogP contribution < -0.4 is 9.73 Å². The number of esters is 1. The van der Waals surface area contributed by atoms with Crippen LogP contribution in [0.1, 0.15) is 31.8 Å². The summed E-state index contributed by atoms with van der Waals surface area (Å²) in [6, 6.07) is 19.5. The maximum absolute atomic E-state index is 12.4. The fraction of sp³-hybridized carbons (Fsp3) is 0.125. The van der Waals surface area contributed by atoms with Crippen molar-refractivity contribution in [3.05, 3.63) is 100 Å². The van der Waals surface area contributed by atoms with Gasteiger partial charge in [0.25, 0.3) is 5.91 Å². The Balaban J connectivity index is 1.67. The van der Waals surface area contributed by atoms with Gasteiger partial charge in [-0.25, -0.2) is 18.6 Å². The van der Waals surface area contributed by atoms with Crippen molar-refractivity contribution >= 4 is 45.4 Å². The van der Waals surface area contributed by atoms with Crippen LogP contribution in [0.4, 0.5) is 5.69 Å². The lowest BCUT2D eigenvalue weighted by Gasteiger charge is -2.22. The van der Waals surface area contributed by atoms with Crippen molar-refractivity contribution in [2.45, 2.75) is 6.54 Å². The number of halogens is 1. The summed E-state index contributed by atoms with van der Waals surface area (Å²) >= 11 is 5.90. The molecule has 0 aliphatic rings. The number of nitrogens with zero attached hydrogens (tertiary/aromatic N) is 2. The highest BCUT2D eigenvalue weighted by atomic mass is 35.5. The summed E-state index contributed by atoms with van der Waals surface area (Å²) in [4.78, 5) is 23.8. The topological polar surface area (TPSA) is 105 Å². The Kier molecular flexibility index (Phi) is 8.04. The van der Waals surface area contributed by atoms with Gasteiger partial charge in [-0.15, -0.1) is 0 Å². The first-order chi connectivity index (χ1) is 16.2. The van der Waals surface area contributed by atoms with E-state index < -0.39 is 21.9 Å². The van der Waals surface area contributed by atoms with E-state index in [1.165, 1.54) is 29.8 Å². The van der Waals surface area contributed by atoms with Crippen molar-refractivity contribution in [2.24, 2.45) is 5.10 Å². The molecule has 0 aliphatic carbocycles. The number of hydrogen-bond donors (Lipinski definition) is 1. The van der Waals surface area contributed by atoms with Crippen LogP contribution in [0.2, 0.25) is 5.02 Å². The second-order valence-corrected chi connectivity index (χ2v) is 9.60. The molecule has 1 N–H and O–H groups in total. The van der Waals surface area contributed by atoms with Gasteiger partial charge < -0.3 is 4.74 Å². The lowest BCUT2D eigenvalue weighted by molar-refractivity contribution is 0.0600. The van der Waals surface area contributed by atoms with Gasteiger partial charge in [-0.1, -0.05) is 35.9 Å². The van der Waals surface area contributed by atoms with Crippen LogP contribution in [-0.4, -0.2) is 39.9 Å². The van der Waals surface area contributed by atoms with E-state index in [1.807, 2.05) is 0 Å². The summed E-state index contributed by atoms with van der Waals surface area (Å²) in [5.41, 5.74) is 4.99. The number of methoxy groups -OCH3 is 1. The van der Waals surface area contributed by atoms with E-state index in [1.54, 1.807) is 60.7 Å². The Bertz CT molecular complexity index is 1290. The quantitative estimate of drug-likeness (QED) is 0.288. The summed E-state index contributed by atoms with van der Waals surface area (Å²) in [6.45, 7) is 0.126. The first kappa shape index (κ1) is 24.9. The Hall–Kier alpha value is -3.69. The summed E-state index contributed by atoms with van der Waals surface area (Å²) in [5, 5.41) is 4.48. The van der Waals surface area contributed by atoms with E-state index in [4.69, 9.17) is 11.6 Å². The molecule has 0 fully saturated rings. The summed E-state index contributed by atoms with van der Waals surface area (Å²) in [7, 11) is -2.26. The number of anilines is 1. The van der Waals surface area contributed by atoms with Crippen molar-refractivity contribution in [3.8, 4) is 0 Å². The van der Waals surface area contributed by atoms with Crippen LogP contribution in [0.5, 0.6) is 0 Å². The Morgan fingerprint density at radius 2 is 1.56 bits per heavy atom. The van der Waals surface area contributed by atoms with Gasteiger partial charge in [0.05, 0.1) is 37.4 Å². The number of amides is 1. The molecular weight excluding hydrogens is 478 g/mol. The molecule has 0 bridgehead atoms. The number of hydrazone groups is 1. The number of carbonyl (C=O) groups excluding carboxylic acids is 2. The van der Waals surface area contributed by atoms with Gasteiger partial charge in [-0.3, -0.25) is 9.10 Å². The molecule has 0 radical (unpaired) electrons. The third-order valence-electron chi connectivity index (χ3n) is 4.77. The van der Waals surface area contributed by atoms with Gasteiger partial charge in [-0.05, 0) is 59.7 Å². The average Bonchev–Trinajstić information content (AvgIpc) is 2.83. The third kappa shape index (κ3) is 6.66. The number of benzene rings is 3. The number of carbonyl (C=O) groups is 2. The second kappa shape index (κ2) is 11.0. The zero-order valence-electron chi connectivity index (χ0n) is 18.4. The molecule has 34 heavy (non-hydrogen) atoms. The summed E-state index contributed by atoms with van der Waals surface area (Å²) < 4.78 is 30.6. The van der Waals surface area contributed by atoms with Gasteiger partial charge in [0.1, 0.15) is 0 Å². The van der Waals surface area contributed by atoms with E-state index in [0.29, 0.717) is 27.4 Å². The number of rotatable bonds is 8. The van der Waals surface area contributed by atoms with Crippen LogP contribution in [0.25, 0.3) is 0 Å². The predicted octanol–water partition coefficient (Wildman–Crippen LogP) is 3.86. The van der Waals surface area contributed by atoms with Crippen molar-refractivity contribution in [1.82, 2.24) is 5.43 Å². The summed E-state index contributed by atoms with van der Waals surface area (Å²) in [6.07, 6.45) is 2.56. The lowest BCUT2D eigenvalue weighted by Crippen LogP contribution is -2.29. The van der Waals surface area contributed by atoms with E-state index in [9.17, 15) is 18.0 Å². The van der Waals surface area contributed by atoms with Crippen LogP contribution in [-0.2, 0) is 21.3 Å². The molecule has 3 aromatic rings. The molecule has 176 valence electrons. The molecule has 0 saturated heterocycles. The smallest absolute Gasteiger partial charge is 0.337 e. The van der Waals surface area contributed by atoms with E-state index in [0.717, 1.165) is 11.8 Å². The zero-order valence-corrected chi connectivity index (χ0v) is 20.0. The molecule has 0 atom stereocenters. The normalized spacial score (nSPS) is 11.3. The molecule has 0 aromatic heterocycles. The van der Waals surface area contributed by atoms with Gasteiger partial charge >= 0.3 is 5.97 Å². The van der Waals surface area contributed by atoms with Crippen LogP contribution in [0.15, 0.2) is 77.9 Å². The minimum atomic E-state index is -3.57.